The predicted molar refractivity (Wildman–Crippen MR) is 31.6 cm³/mol. The fourth-order valence-electron chi connectivity index (χ4n) is 0.459. The summed E-state index contributed by atoms with van der Waals surface area (Å²) in [5.74, 6) is -1.43. The molecule has 0 unspecified atom stereocenters. The van der Waals surface area contributed by atoms with Gasteiger partial charge in [-0.2, -0.15) is 0 Å². The van der Waals surface area contributed by atoms with Gasteiger partial charge in [-0.1, -0.05) is 0 Å². The second-order valence-corrected chi connectivity index (χ2v) is 1.76. The summed E-state index contributed by atoms with van der Waals surface area (Å²) in [5, 5.41) is 0. The van der Waals surface area contributed by atoms with Crippen LogP contribution in [0.1, 0.15) is 13.8 Å². The predicted octanol–water partition coefficient (Wildman–Crippen LogP) is 2.02. The van der Waals surface area contributed by atoms with Crippen molar-refractivity contribution in [1.29, 1.82) is 0 Å². The molecular weight excluding hydrogens is 161 g/mol. The molecule has 0 fully saturated rings. The summed E-state index contributed by atoms with van der Waals surface area (Å²) in [4.78, 5) is 10.4. The Balaban J connectivity index is 4.24. The van der Waals surface area contributed by atoms with E-state index in [0.717, 1.165) is 13.0 Å². The maximum absolute atomic E-state index is 11.4. The quantitative estimate of drug-likeness (QED) is 0.465. The number of hydrogen-bond donors (Lipinski definition) is 0. The molecule has 0 radical (unpaired) electrons. The maximum Gasteiger partial charge on any atom is 0.573 e. The second-order valence-electron chi connectivity index (χ2n) is 1.76. The van der Waals surface area contributed by atoms with Gasteiger partial charge in [0.25, 0.3) is 0 Å². The first-order chi connectivity index (χ1) is 4.87. The van der Waals surface area contributed by atoms with Crippen LogP contribution in [0, 0.1) is 0 Å². The van der Waals surface area contributed by atoms with Crippen LogP contribution in [0.15, 0.2) is 11.8 Å². The number of hydrogen-bond acceptors (Lipinski definition) is 2. The van der Waals surface area contributed by atoms with Crippen molar-refractivity contribution in [2.75, 3.05) is 0 Å². The molecule has 0 N–H and O–H groups in total. The van der Waals surface area contributed by atoms with E-state index in [0.29, 0.717) is 0 Å². The summed E-state index contributed by atoms with van der Waals surface area (Å²) in [6, 6.07) is 0. The zero-order valence-electron chi connectivity index (χ0n) is 6.03. The minimum Gasteiger partial charge on any atom is -0.402 e. The Hall–Kier alpha value is -1.00. The monoisotopic (exact) mass is 168 g/mol. The van der Waals surface area contributed by atoms with Gasteiger partial charge in [-0.3, -0.25) is 4.79 Å². The molecule has 0 bridgehead atoms. The van der Waals surface area contributed by atoms with Gasteiger partial charge in [-0.15, -0.1) is 13.2 Å². The maximum atomic E-state index is 11.4. The van der Waals surface area contributed by atoms with Gasteiger partial charge >= 0.3 is 6.36 Å². The standard InChI is InChI=1S/C6H7F3O2/c1-3-5(4(2)10)11-6(7,8)9/h3H,1-2H3/b5-3+. The first-order valence-electron chi connectivity index (χ1n) is 2.80. The van der Waals surface area contributed by atoms with Crippen molar-refractivity contribution < 1.29 is 22.7 Å². The third kappa shape index (κ3) is 4.41. The van der Waals surface area contributed by atoms with Gasteiger partial charge < -0.3 is 4.74 Å². The second kappa shape index (κ2) is 3.41. The van der Waals surface area contributed by atoms with Crippen LogP contribution in [-0.4, -0.2) is 12.1 Å². The number of ether oxygens (including phenoxy) is 1. The molecule has 11 heavy (non-hydrogen) atoms. The van der Waals surface area contributed by atoms with Crippen LogP contribution in [0.4, 0.5) is 13.2 Å². The number of carbonyl (C=O) groups excluding carboxylic acids is 1. The van der Waals surface area contributed by atoms with Gasteiger partial charge in [-0.25, -0.2) is 0 Å². The Morgan fingerprint density at radius 1 is 1.45 bits per heavy atom. The van der Waals surface area contributed by atoms with Crippen LogP contribution in [0.2, 0.25) is 0 Å². The Morgan fingerprint density at radius 3 is 2.00 bits per heavy atom. The molecule has 2 nitrogen and oxygen atoms in total. The first kappa shape index (κ1) is 10.0. The van der Waals surface area contributed by atoms with Gasteiger partial charge in [0, 0.05) is 6.92 Å². The van der Waals surface area contributed by atoms with E-state index in [4.69, 9.17) is 0 Å². The van der Waals surface area contributed by atoms with E-state index in [9.17, 15) is 18.0 Å². The molecule has 0 aromatic carbocycles. The fraction of sp³-hybridized carbons (Fsp3) is 0.500. The molecule has 0 atom stereocenters. The molecular formula is C6H7F3O2. The first-order valence-corrected chi connectivity index (χ1v) is 2.80. The number of carbonyl (C=O) groups is 1. The number of halogens is 3. The largest absolute Gasteiger partial charge is 0.573 e. The van der Waals surface area contributed by atoms with E-state index in [1.54, 1.807) is 0 Å². The van der Waals surface area contributed by atoms with Crippen molar-refractivity contribution in [3.05, 3.63) is 11.8 Å². The van der Waals surface area contributed by atoms with Crippen molar-refractivity contribution >= 4 is 5.78 Å². The van der Waals surface area contributed by atoms with E-state index < -0.39 is 17.9 Å². The zero-order valence-corrected chi connectivity index (χ0v) is 6.03. The highest BCUT2D eigenvalue weighted by atomic mass is 19.4. The lowest BCUT2D eigenvalue weighted by atomic mass is 10.3. The molecule has 5 heteroatoms. The summed E-state index contributed by atoms with van der Waals surface area (Å²) >= 11 is 0. The SMILES string of the molecule is C/C=C(/OC(F)(F)F)C(C)=O. The van der Waals surface area contributed by atoms with Crippen LogP contribution >= 0.6 is 0 Å². The van der Waals surface area contributed by atoms with Crippen LogP contribution in [0.25, 0.3) is 0 Å². The lowest BCUT2D eigenvalue weighted by Crippen LogP contribution is -2.16. The summed E-state index contributed by atoms with van der Waals surface area (Å²) in [6.45, 7) is 2.30. The van der Waals surface area contributed by atoms with Crippen molar-refractivity contribution in [3.63, 3.8) is 0 Å². The lowest BCUT2D eigenvalue weighted by Gasteiger charge is -2.08. The average molecular weight is 168 g/mol. The third-order valence-corrected chi connectivity index (χ3v) is 0.835. The van der Waals surface area contributed by atoms with Crippen molar-refractivity contribution in [2.45, 2.75) is 20.2 Å². The molecule has 0 heterocycles. The smallest absolute Gasteiger partial charge is 0.402 e. The highest BCUT2D eigenvalue weighted by Gasteiger charge is 2.32. The molecule has 0 aliphatic rings. The topological polar surface area (TPSA) is 26.3 Å². The number of rotatable bonds is 2. The zero-order chi connectivity index (χ0) is 9.07. The van der Waals surface area contributed by atoms with Gasteiger partial charge in [0.2, 0.25) is 0 Å². The van der Waals surface area contributed by atoms with E-state index in [-0.39, 0.29) is 0 Å². The third-order valence-electron chi connectivity index (χ3n) is 0.835. The minimum atomic E-state index is -4.78. The van der Waals surface area contributed by atoms with E-state index in [2.05, 4.69) is 4.74 Å². The number of Topliss-reactive ketones (excluding diaryl/α,β-unsaturated/α-hetero) is 1. The number of ketones is 1. The molecule has 0 rings (SSSR count). The molecule has 0 aromatic heterocycles. The van der Waals surface area contributed by atoms with Crippen molar-refractivity contribution in [2.24, 2.45) is 0 Å². The number of allylic oxidation sites excluding steroid dienone is 2. The average Bonchev–Trinajstić information content (AvgIpc) is 1.80. The van der Waals surface area contributed by atoms with Crippen LogP contribution in [-0.2, 0) is 9.53 Å². The summed E-state index contributed by atoms with van der Waals surface area (Å²) < 4.78 is 37.7. The summed E-state index contributed by atoms with van der Waals surface area (Å²) in [7, 11) is 0. The molecule has 0 saturated heterocycles. The van der Waals surface area contributed by atoms with Crippen molar-refractivity contribution in [3.8, 4) is 0 Å². The Kier molecular flexibility index (Phi) is 3.10. The normalized spacial score (nSPS) is 13.0. The van der Waals surface area contributed by atoms with Crippen LogP contribution in [0.3, 0.4) is 0 Å². The Bertz CT molecular complexity index is 181. The molecule has 0 aliphatic carbocycles. The van der Waals surface area contributed by atoms with Gasteiger partial charge in [0.1, 0.15) is 0 Å². The molecule has 0 aromatic rings. The fourth-order valence-corrected chi connectivity index (χ4v) is 0.459. The summed E-state index contributed by atoms with van der Waals surface area (Å²) in [6.07, 6.45) is -3.82. The van der Waals surface area contributed by atoms with Crippen molar-refractivity contribution in [1.82, 2.24) is 0 Å². The molecule has 64 valence electrons. The van der Waals surface area contributed by atoms with Gasteiger partial charge in [-0.05, 0) is 13.0 Å². The highest BCUT2D eigenvalue weighted by molar-refractivity contribution is 5.91. The van der Waals surface area contributed by atoms with E-state index >= 15 is 0 Å². The van der Waals surface area contributed by atoms with Crippen LogP contribution < -0.4 is 0 Å². The minimum absolute atomic E-state index is 0.683. The van der Waals surface area contributed by atoms with Crippen LogP contribution in [0.5, 0.6) is 0 Å². The molecule has 0 saturated carbocycles. The van der Waals surface area contributed by atoms with E-state index in [1.807, 2.05) is 0 Å². The Labute approximate surface area is 61.6 Å². The number of alkyl halides is 3. The molecule has 0 amide bonds. The summed E-state index contributed by atoms with van der Waals surface area (Å²) in [5.41, 5.74) is 0. The highest BCUT2D eigenvalue weighted by Crippen LogP contribution is 2.20. The molecule has 0 spiro atoms. The lowest BCUT2D eigenvalue weighted by molar-refractivity contribution is -0.304. The van der Waals surface area contributed by atoms with Gasteiger partial charge in [0.05, 0.1) is 0 Å². The molecule has 0 aliphatic heterocycles. The van der Waals surface area contributed by atoms with Gasteiger partial charge in [0.15, 0.2) is 11.5 Å². The Morgan fingerprint density at radius 2 is 1.91 bits per heavy atom. The van der Waals surface area contributed by atoms with E-state index in [1.165, 1.54) is 6.92 Å².